The minimum absolute atomic E-state index is 0. The van der Waals surface area contributed by atoms with Gasteiger partial charge in [0.15, 0.2) is 0 Å². The maximum absolute atomic E-state index is 13.5. The van der Waals surface area contributed by atoms with Crippen molar-refractivity contribution in [3.63, 3.8) is 0 Å². The molecule has 3 saturated carbocycles. The summed E-state index contributed by atoms with van der Waals surface area (Å²) in [4.78, 5) is 20.4. The molecule has 188 valence electrons. The molecule has 1 heterocycles. The van der Waals surface area contributed by atoms with Crippen LogP contribution in [0.3, 0.4) is 0 Å². The predicted octanol–water partition coefficient (Wildman–Crippen LogP) is 5.81. The molecular formula is C24H31ClF4N4O. The largest absolute Gasteiger partial charge is 0.349 e. The number of benzene rings is 1. The van der Waals surface area contributed by atoms with Gasteiger partial charge in [-0.25, -0.2) is 22.5 Å². The Balaban J connectivity index is 0.00000274. The molecule has 0 unspecified atom stereocenters. The van der Waals surface area contributed by atoms with Gasteiger partial charge in [0.2, 0.25) is 17.8 Å². The molecule has 1 amide bonds. The van der Waals surface area contributed by atoms with Crippen LogP contribution in [0, 0.1) is 17.8 Å². The summed E-state index contributed by atoms with van der Waals surface area (Å²) in [5.74, 6) is -4.77. The second-order valence-electron chi connectivity index (χ2n) is 10.3. The van der Waals surface area contributed by atoms with Crippen molar-refractivity contribution in [1.29, 1.82) is 0 Å². The first-order valence-electron chi connectivity index (χ1n) is 11.9. The summed E-state index contributed by atoms with van der Waals surface area (Å²) in [5.41, 5.74) is 8.85. The lowest BCUT2D eigenvalue weighted by molar-refractivity contribution is -0.134. The molecule has 0 radical (unpaired) electrons. The van der Waals surface area contributed by atoms with Crippen molar-refractivity contribution >= 4 is 29.3 Å². The maximum atomic E-state index is 13.5. The van der Waals surface area contributed by atoms with Gasteiger partial charge in [0.1, 0.15) is 5.82 Å². The number of nitrogens with two attached hydrogens (primary N) is 1. The maximum Gasteiger partial charge on any atom is 0.248 e. The Morgan fingerprint density at radius 1 is 1.09 bits per heavy atom. The zero-order valence-corrected chi connectivity index (χ0v) is 19.7. The zero-order chi connectivity index (χ0) is 23.4. The molecule has 0 aliphatic heterocycles. The Labute approximate surface area is 202 Å². The van der Waals surface area contributed by atoms with Crippen molar-refractivity contribution in [3.05, 3.63) is 29.6 Å². The third kappa shape index (κ3) is 5.51. The molecule has 3 aliphatic rings. The number of aromatic amines is 1. The van der Waals surface area contributed by atoms with Gasteiger partial charge in [-0.05, 0) is 61.1 Å². The van der Waals surface area contributed by atoms with E-state index in [0.29, 0.717) is 24.6 Å². The van der Waals surface area contributed by atoms with Crippen molar-refractivity contribution in [2.75, 3.05) is 0 Å². The number of nitrogens with zero attached hydrogens (tertiary/aromatic N) is 1. The molecule has 0 spiro atoms. The summed E-state index contributed by atoms with van der Waals surface area (Å²) in [6, 6.07) is 5.16. The Bertz CT molecular complexity index is 1020. The van der Waals surface area contributed by atoms with E-state index in [1.54, 1.807) is 0 Å². The monoisotopic (exact) mass is 502 g/mol. The first-order chi connectivity index (χ1) is 15.6. The fraction of sp³-hybridized carbons (Fsp3) is 0.667. The van der Waals surface area contributed by atoms with Gasteiger partial charge in [-0.3, -0.25) is 4.79 Å². The normalized spacial score (nSPS) is 24.1. The first kappa shape index (κ1) is 25.2. The molecule has 4 N–H and O–H groups in total. The number of rotatable bonds is 7. The summed E-state index contributed by atoms with van der Waals surface area (Å²) >= 11 is 0. The highest BCUT2D eigenvalue weighted by atomic mass is 35.5. The molecule has 34 heavy (non-hydrogen) atoms. The zero-order valence-electron chi connectivity index (χ0n) is 18.8. The standard InChI is InChI=1S/C24H30F4N4O.ClH/c25-23(26)7-5-14(6-8-23)20(29)22-30-17-4-3-16(10-18(17)31-22)21(15-1-2-15)32-19(33)9-13-11-24(27,28)12-13;/h3-4,10,13-15,20-21H,1-2,5-9,11-12,29H2,(H,30,31)(H,32,33);1H/t20-,21+;/m0./s1. The average Bonchev–Trinajstić information content (AvgIpc) is 3.48. The molecule has 5 rings (SSSR count). The molecule has 1 aromatic heterocycles. The SMILES string of the molecule is Cl.N[C@H](c1nc2ccc([C@H](NC(=O)CC3CC(F)(F)C3)C3CC3)cc2[nH]1)C1CCC(F)(F)CC1. The topological polar surface area (TPSA) is 83.8 Å². The molecule has 10 heteroatoms. The van der Waals surface area contributed by atoms with Gasteiger partial charge in [0, 0.05) is 32.1 Å². The van der Waals surface area contributed by atoms with Crippen LogP contribution < -0.4 is 11.1 Å². The molecule has 3 aliphatic carbocycles. The van der Waals surface area contributed by atoms with Crippen LogP contribution >= 0.6 is 12.4 Å². The van der Waals surface area contributed by atoms with Crippen LogP contribution in [0.4, 0.5) is 17.6 Å². The van der Waals surface area contributed by atoms with E-state index >= 15 is 0 Å². The van der Waals surface area contributed by atoms with E-state index in [0.717, 1.165) is 29.4 Å². The van der Waals surface area contributed by atoms with Crippen LogP contribution in [-0.2, 0) is 4.79 Å². The summed E-state index contributed by atoms with van der Waals surface area (Å²) in [7, 11) is 0. The van der Waals surface area contributed by atoms with Crippen molar-refractivity contribution in [1.82, 2.24) is 15.3 Å². The van der Waals surface area contributed by atoms with Gasteiger partial charge in [-0.1, -0.05) is 6.07 Å². The number of aromatic nitrogens is 2. The van der Waals surface area contributed by atoms with Gasteiger partial charge >= 0.3 is 0 Å². The molecule has 1 aromatic carbocycles. The molecular weight excluding hydrogens is 472 g/mol. The van der Waals surface area contributed by atoms with E-state index in [2.05, 4.69) is 15.3 Å². The van der Waals surface area contributed by atoms with Crippen LogP contribution in [0.25, 0.3) is 11.0 Å². The first-order valence-corrected chi connectivity index (χ1v) is 11.9. The lowest BCUT2D eigenvalue weighted by Crippen LogP contribution is -2.39. The van der Waals surface area contributed by atoms with Crippen molar-refractivity contribution in [2.45, 2.75) is 81.7 Å². The van der Waals surface area contributed by atoms with E-state index < -0.39 is 17.9 Å². The average molecular weight is 503 g/mol. The number of carbonyl (C=O) groups excluding carboxylic acids is 1. The number of hydrogen-bond donors (Lipinski definition) is 3. The van der Waals surface area contributed by atoms with Gasteiger partial charge in [-0.2, -0.15) is 0 Å². The number of hydrogen-bond acceptors (Lipinski definition) is 3. The summed E-state index contributed by atoms with van der Waals surface area (Å²) in [6.07, 6.45) is 2.19. The highest BCUT2D eigenvalue weighted by Gasteiger charge is 2.46. The molecule has 2 aromatic rings. The number of alkyl halides is 4. The van der Waals surface area contributed by atoms with Crippen LogP contribution in [-0.4, -0.2) is 27.7 Å². The Morgan fingerprint density at radius 2 is 1.76 bits per heavy atom. The smallest absolute Gasteiger partial charge is 0.248 e. The van der Waals surface area contributed by atoms with Gasteiger partial charge in [-0.15, -0.1) is 12.4 Å². The molecule has 2 atom stereocenters. The molecule has 3 fully saturated rings. The predicted molar refractivity (Wildman–Crippen MR) is 123 cm³/mol. The van der Waals surface area contributed by atoms with Crippen LogP contribution in [0.1, 0.15) is 81.3 Å². The van der Waals surface area contributed by atoms with E-state index in [1.807, 2.05) is 18.2 Å². The number of halogens is 5. The van der Waals surface area contributed by atoms with Crippen molar-refractivity contribution < 1.29 is 22.4 Å². The van der Waals surface area contributed by atoms with Crippen molar-refractivity contribution in [2.24, 2.45) is 23.5 Å². The second-order valence-corrected chi connectivity index (χ2v) is 10.3. The molecule has 0 bridgehead atoms. The highest BCUT2D eigenvalue weighted by Crippen LogP contribution is 2.45. The van der Waals surface area contributed by atoms with Crippen LogP contribution in [0.2, 0.25) is 0 Å². The Hall–Kier alpha value is -1.87. The number of carbonyl (C=O) groups is 1. The number of H-pyrrole nitrogens is 1. The lowest BCUT2D eigenvalue weighted by Gasteiger charge is -2.34. The summed E-state index contributed by atoms with van der Waals surface area (Å²) < 4.78 is 53.1. The van der Waals surface area contributed by atoms with E-state index in [1.165, 1.54) is 0 Å². The van der Waals surface area contributed by atoms with E-state index in [-0.39, 0.29) is 68.3 Å². The summed E-state index contributed by atoms with van der Waals surface area (Å²) in [6.45, 7) is 0. The van der Waals surface area contributed by atoms with E-state index in [4.69, 9.17) is 5.73 Å². The number of amides is 1. The minimum Gasteiger partial charge on any atom is -0.349 e. The third-order valence-corrected chi connectivity index (χ3v) is 7.53. The fourth-order valence-corrected chi connectivity index (χ4v) is 5.37. The van der Waals surface area contributed by atoms with Crippen LogP contribution in [0.15, 0.2) is 18.2 Å². The van der Waals surface area contributed by atoms with Gasteiger partial charge < -0.3 is 16.0 Å². The minimum atomic E-state index is -2.62. The van der Waals surface area contributed by atoms with Crippen LogP contribution in [0.5, 0.6) is 0 Å². The number of fused-ring (bicyclic) bond motifs is 1. The second kappa shape index (κ2) is 9.30. The fourth-order valence-electron chi connectivity index (χ4n) is 5.37. The van der Waals surface area contributed by atoms with Gasteiger partial charge in [0.05, 0.1) is 23.1 Å². The number of imidazole rings is 1. The quantitative estimate of drug-likeness (QED) is 0.417. The van der Waals surface area contributed by atoms with Gasteiger partial charge in [0.25, 0.3) is 0 Å². The lowest BCUT2D eigenvalue weighted by atomic mass is 9.79. The Kier molecular flexibility index (Phi) is 6.90. The molecule has 0 saturated heterocycles. The Morgan fingerprint density at radius 3 is 2.38 bits per heavy atom. The molecule has 5 nitrogen and oxygen atoms in total. The number of nitrogens with one attached hydrogen (secondary N) is 2. The summed E-state index contributed by atoms with van der Waals surface area (Å²) in [5, 5.41) is 3.06. The van der Waals surface area contributed by atoms with E-state index in [9.17, 15) is 22.4 Å². The third-order valence-electron chi connectivity index (χ3n) is 7.53. The highest BCUT2D eigenvalue weighted by molar-refractivity contribution is 5.85. The van der Waals surface area contributed by atoms with Crippen molar-refractivity contribution in [3.8, 4) is 0 Å².